The first-order valence-corrected chi connectivity index (χ1v) is 4.97. The first-order valence-electron chi connectivity index (χ1n) is 3.49. The first kappa shape index (κ1) is 14.5. The molecule has 0 aromatic rings. The Morgan fingerprint density at radius 1 is 1.20 bits per heavy atom. The molecule has 0 aliphatic carbocycles. The number of alkyl halides is 5. The lowest BCUT2D eigenvalue weighted by Gasteiger charge is -2.19. The van der Waals surface area contributed by atoms with Crippen LogP contribution in [0.2, 0.25) is 0 Å². The molecule has 15 heavy (non-hydrogen) atoms. The summed E-state index contributed by atoms with van der Waals surface area (Å²) in [5.41, 5.74) is 0. The van der Waals surface area contributed by atoms with Gasteiger partial charge in [0.1, 0.15) is 0 Å². The van der Waals surface area contributed by atoms with E-state index in [1.54, 1.807) is 0 Å². The number of hydrogen-bond acceptors (Lipinski definition) is 3. The monoisotopic (exact) mass is 257 g/mol. The van der Waals surface area contributed by atoms with Crippen molar-refractivity contribution in [1.29, 1.82) is 0 Å². The van der Waals surface area contributed by atoms with Gasteiger partial charge in [-0.15, -0.1) is 0 Å². The second kappa shape index (κ2) is 4.58. The highest BCUT2D eigenvalue weighted by Crippen LogP contribution is 2.39. The maximum absolute atomic E-state index is 12.3. The van der Waals surface area contributed by atoms with Crippen LogP contribution in [0.25, 0.3) is 0 Å². The van der Waals surface area contributed by atoms with E-state index in [1.165, 1.54) is 0 Å². The molecule has 0 unspecified atom stereocenters. The topological polar surface area (TPSA) is 55.4 Å². The Bertz CT molecular complexity index is 298. The normalized spacial score (nSPS) is 14.3. The second-order valence-corrected chi connectivity index (χ2v) is 4.21. The summed E-state index contributed by atoms with van der Waals surface area (Å²) in [6, 6.07) is 0. The second-order valence-electron chi connectivity index (χ2n) is 2.41. The van der Waals surface area contributed by atoms with Gasteiger partial charge in [-0.05, 0) is 0 Å². The summed E-state index contributed by atoms with van der Waals surface area (Å²) in [7, 11) is -4.64. The minimum absolute atomic E-state index is 0.312. The van der Waals surface area contributed by atoms with E-state index >= 15 is 0 Å². The standard InChI is InChI=1S/C5H8F5NO3S/c1-14-3-2-11-15(12,13)5(9,10)4(6,7)8/h11H,2-3H2,1H3. The van der Waals surface area contributed by atoms with Crippen molar-refractivity contribution in [2.75, 3.05) is 20.3 Å². The molecule has 0 heterocycles. The van der Waals surface area contributed by atoms with E-state index in [-0.39, 0.29) is 6.61 Å². The Hall–Kier alpha value is -0.480. The molecule has 0 radical (unpaired) electrons. The number of hydrogen-bond donors (Lipinski definition) is 1. The summed E-state index contributed by atoms with van der Waals surface area (Å²) in [6.45, 7) is -0.975. The molecule has 0 amide bonds. The van der Waals surface area contributed by atoms with Crippen LogP contribution in [0.1, 0.15) is 0 Å². The van der Waals surface area contributed by atoms with Crippen molar-refractivity contribution in [2.45, 2.75) is 11.4 Å². The Morgan fingerprint density at radius 3 is 2.00 bits per heavy atom. The van der Waals surface area contributed by atoms with Crippen molar-refractivity contribution >= 4 is 10.0 Å². The summed E-state index contributed by atoms with van der Waals surface area (Å²) in [6.07, 6.45) is -6.15. The largest absolute Gasteiger partial charge is 0.470 e. The van der Waals surface area contributed by atoms with Crippen LogP contribution < -0.4 is 4.72 Å². The first-order chi connectivity index (χ1) is 6.56. The molecule has 0 aromatic carbocycles. The van der Waals surface area contributed by atoms with E-state index in [9.17, 15) is 30.4 Å². The van der Waals surface area contributed by atoms with E-state index in [0.717, 1.165) is 11.8 Å². The van der Waals surface area contributed by atoms with Crippen molar-refractivity contribution in [1.82, 2.24) is 4.72 Å². The number of methoxy groups -OCH3 is 1. The van der Waals surface area contributed by atoms with Gasteiger partial charge in [0, 0.05) is 13.7 Å². The summed E-state index contributed by atoms with van der Waals surface area (Å²) in [5.74, 6) is 0. The molecular weight excluding hydrogens is 249 g/mol. The van der Waals surface area contributed by atoms with Gasteiger partial charge in [-0.1, -0.05) is 0 Å². The van der Waals surface area contributed by atoms with E-state index in [2.05, 4.69) is 4.74 Å². The van der Waals surface area contributed by atoms with Crippen LogP contribution in [0, 0.1) is 0 Å². The van der Waals surface area contributed by atoms with Crippen molar-refractivity contribution in [2.24, 2.45) is 0 Å². The van der Waals surface area contributed by atoms with Gasteiger partial charge in [-0.25, -0.2) is 13.1 Å². The minimum Gasteiger partial charge on any atom is -0.383 e. The van der Waals surface area contributed by atoms with E-state index in [4.69, 9.17) is 0 Å². The van der Waals surface area contributed by atoms with Gasteiger partial charge in [0.15, 0.2) is 0 Å². The predicted octanol–water partition coefficient (Wildman–Crippen LogP) is 0.707. The highest BCUT2D eigenvalue weighted by molar-refractivity contribution is 7.90. The molecule has 0 bridgehead atoms. The van der Waals surface area contributed by atoms with Crippen molar-refractivity contribution in [3.05, 3.63) is 0 Å². The summed E-state index contributed by atoms with van der Waals surface area (Å²) in [4.78, 5) is 0. The van der Waals surface area contributed by atoms with Crippen molar-refractivity contribution in [3.63, 3.8) is 0 Å². The molecule has 0 fully saturated rings. The zero-order valence-corrected chi connectivity index (χ0v) is 8.25. The zero-order valence-electron chi connectivity index (χ0n) is 7.44. The number of rotatable bonds is 5. The maximum Gasteiger partial charge on any atom is 0.470 e. The van der Waals surface area contributed by atoms with Gasteiger partial charge in [-0.3, -0.25) is 0 Å². The highest BCUT2D eigenvalue weighted by atomic mass is 32.2. The summed E-state index contributed by atoms with van der Waals surface area (Å²) in [5, 5.41) is -5.81. The van der Waals surface area contributed by atoms with Crippen molar-refractivity contribution in [3.8, 4) is 0 Å². The van der Waals surface area contributed by atoms with Gasteiger partial charge >= 0.3 is 11.4 Å². The Morgan fingerprint density at radius 2 is 1.67 bits per heavy atom. The molecule has 0 aromatic heterocycles. The molecule has 0 saturated carbocycles. The van der Waals surface area contributed by atoms with Gasteiger partial charge in [-0.2, -0.15) is 22.0 Å². The Balaban J connectivity index is 4.73. The SMILES string of the molecule is COCCNS(=O)(=O)C(F)(F)C(F)(F)F. The quantitative estimate of drug-likeness (QED) is 0.583. The number of ether oxygens (including phenoxy) is 1. The molecule has 4 nitrogen and oxygen atoms in total. The van der Waals surface area contributed by atoms with Crippen LogP contribution >= 0.6 is 0 Å². The number of nitrogens with one attached hydrogen (secondary N) is 1. The van der Waals surface area contributed by atoms with E-state index < -0.39 is 28.0 Å². The minimum atomic E-state index is -6.15. The van der Waals surface area contributed by atoms with Gasteiger partial charge in [0.05, 0.1) is 6.61 Å². The average molecular weight is 257 g/mol. The van der Waals surface area contributed by atoms with E-state index in [0.29, 0.717) is 0 Å². The molecule has 0 saturated heterocycles. The van der Waals surface area contributed by atoms with Crippen LogP contribution in [0.4, 0.5) is 22.0 Å². The molecular formula is C5H8F5NO3S. The molecule has 1 N–H and O–H groups in total. The highest BCUT2D eigenvalue weighted by Gasteiger charge is 2.67. The summed E-state index contributed by atoms with van der Waals surface area (Å²) >= 11 is 0. The van der Waals surface area contributed by atoms with Crippen LogP contribution in [0.15, 0.2) is 0 Å². The molecule has 0 rings (SSSR count). The Labute approximate surface area is 82.5 Å². The third-order valence-corrected chi connectivity index (χ3v) is 2.76. The molecule has 0 atom stereocenters. The third-order valence-electron chi connectivity index (χ3n) is 1.27. The maximum atomic E-state index is 12.3. The fraction of sp³-hybridized carbons (Fsp3) is 1.00. The molecule has 0 spiro atoms. The van der Waals surface area contributed by atoms with Crippen molar-refractivity contribution < 1.29 is 35.1 Å². The molecule has 10 heteroatoms. The lowest BCUT2D eigenvalue weighted by atomic mass is 10.7. The zero-order chi connectivity index (χ0) is 12.3. The fourth-order valence-electron chi connectivity index (χ4n) is 0.521. The molecule has 92 valence electrons. The Kier molecular flexibility index (Phi) is 4.43. The van der Waals surface area contributed by atoms with Gasteiger partial charge in [0.25, 0.3) is 10.0 Å². The van der Waals surface area contributed by atoms with Crippen LogP contribution in [0.5, 0.6) is 0 Å². The molecule has 0 aliphatic rings. The third kappa shape index (κ3) is 3.24. The lowest BCUT2D eigenvalue weighted by molar-refractivity contribution is -0.241. The fourth-order valence-corrected chi connectivity index (χ4v) is 1.36. The van der Waals surface area contributed by atoms with Crippen LogP contribution in [0.3, 0.4) is 0 Å². The van der Waals surface area contributed by atoms with Gasteiger partial charge in [0.2, 0.25) is 0 Å². The van der Waals surface area contributed by atoms with Crippen LogP contribution in [-0.4, -0.2) is 40.1 Å². The molecule has 0 aliphatic heterocycles. The average Bonchev–Trinajstić information content (AvgIpc) is 2.02. The predicted molar refractivity (Wildman–Crippen MR) is 39.8 cm³/mol. The van der Waals surface area contributed by atoms with E-state index in [1.807, 2.05) is 0 Å². The number of halogens is 5. The lowest BCUT2D eigenvalue weighted by Crippen LogP contribution is -2.50. The van der Waals surface area contributed by atoms with Gasteiger partial charge < -0.3 is 4.74 Å². The smallest absolute Gasteiger partial charge is 0.383 e. The summed E-state index contributed by atoms with van der Waals surface area (Å²) < 4.78 is 86.0. The number of sulfonamides is 1. The van der Waals surface area contributed by atoms with Crippen LogP contribution in [-0.2, 0) is 14.8 Å².